The van der Waals surface area contributed by atoms with Crippen molar-refractivity contribution in [2.75, 3.05) is 26.5 Å². The second-order valence-corrected chi connectivity index (χ2v) is 7.22. The highest BCUT2D eigenvalue weighted by Gasteiger charge is 2.44. The number of Topliss-reactive ketones (excluding diaryl/α,β-unsaturated/α-hetero) is 1. The number of benzene rings is 1. The average Bonchev–Trinajstić information content (AvgIpc) is 3.08. The van der Waals surface area contributed by atoms with E-state index >= 15 is 0 Å². The minimum atomic E-state index is -0.448. The Labute approximate surface area is 150 Å². The van der Waals surface area contributed by atoms with Crippen LogP contribution in [0.25, 0.3) is 0 Å². The first-order chi connectivity index (χ1) is 11.9. The smallest absolute Gasteiger partial charge is 0.229 e. The highest BCUT2D eigenvalue weighted by atomic mass is 16.5. The minimum absolute atomic E-state index is 0.00700. The normalized spacial score (nSPS) is 17.2. The Hall–Kier alpha value is -1.88. The molecule has 138 valence electrons. The van der Waals surface area contributed by atoms with Crippen molar-refractivity contribution in [1.29, 1.82) is 0 Å². The van der Waals surface area contributed by atoms with Gasteiger partial charge >= 0.3 is 0 Å². The molecule has 0 aliphatic heterocycles. The van der Waals surface area contributed by atoms with E-state index < -0.39 is 6.04 Å². The Balaban J connectivity index is 2.17. The van der Waals surface area contributed by atoms with E-state index in [9.17, 15) is 9.59 Å². The van der Waals surface area contributed by atoms with Crippen molar-refractivity contribution in [2.45, 2.75) is 51.5 Å². The van der Waals surface area contributed by atoms with E-state index in [1.807, 2.05) is 24.3 Å². The van der Waals surface area contributed by atoms with Crippen molar-refractivity contribution in [3.63, 3.8) is 0 Å². The van der Waals surface area contributed by atoms with Gasteiger partial charge in [0, 0.05) is 26.5 Å². The number of nitrogen functional groups attached to an aromatic ring is 1. The number of amides is 1. The SMILES string of the molecule is COCCC1(C(=O)N(C)C(Cc2ccc(N)cc2)C(C)=O)CCCC1. The van der Waals surface area contributed by atoms with Crippen LogP contribution in [-0.2, 0) is 20.7 Å². The molecule has 1 unspecified atom stereocenters. The van der Waals surface area contributed by atoms with Gasteiger partial charge < -0.3 is 15.4 Å². The standard InChI is InChI=1S/C20H30N2O3/c1-15(23)18(14-16-6-8-17(21)9-7-16)22(2)19(24)20(12-13-25-3)10-4-5-11-20/h6-9,18H,4-5,10-14,21H2,1-3H3. The van der Waals surface area contributed by atoms with Gasteiger partial charge in [-0.3, -0.25) is 9.59 Å². The number of ether oxygens (including phenoxy) is 1. The Morgan fingerprint density at radius 2 is 1.84 bits per heavy atom. The van der Waals surface area contributed by atoms with Crippen LogP contribution in [0.4, 0.5) is 5.69 Å². The fourth-order valence-electron chi connectivity index (χ4n) is 3.87. The number of hydrogen-bond acceptors (Lipinski definition) is 4. The quantitative estimate of drug-likeness (QED) is 0.735. The largest absolute Gasteiger partial charge is 0.399 e. The molecule has 1 atom stereocenters. The maximum Gasteiger partial charge on any atom is 0.229 e. The van der Waals surface area contributed by atoms with E-state index in [0.717, 1.165) is 37.7 Å². The van der Waals surface area contributed by atoms with Crippen LogP contribution in [0, 0.1) is 5.41 Å². The highest BCUT2D eigenvalue weighted by Crippen LogP contribution is 2.43. The van der Waals surface area contributed by atoms with Crippen molar-refractivity contribution in [2.24, 2.45) is 5.41 Å². The number of methoxy groups -OCH3 is 1. The maximum absolute atomic E-state index is 13.3. The number of nitrogens with zero attached hydrogens (tertiary/aromatic N) is 1. The van der Waals surface area contributed by atoms with E-state index in [2.05, 4.69) is 0 Å². The number of anilines is 1. The number of hydrogen-bond donors (Lipinski definition) is 1. The molecule has 0 aromatic heterocycles. The molecular weight excluding hydrogens is 316 g/mol. The van der Waals surface area contributed by atoms with Gasteiger partial charge in [0.1, 0.15) is 0 Å². The summed E-state index contributed by atoms with van der Waals surface area (Å²) in [5.41, 5.74) is 7.05. The summed E-state index contributed by atoms with van der Waals surface area (Å²) in [6, 6.07) is 7.03. The molecule has 0 radical (unpaired) electrons. The lowest BCUT2D eigenvalue weighted by molar-refractivity contribution is -0.147. The molecule has 25 heavy (non-hydrogen) atoms. The number of ketones is 1. The molecule has 1 amide bonds. The van der Waals surface area contributed by atoms with Gasteiger partial charge in [0.15, 0.2) is 5.78 Å². The first-order valence-electron chi connectivity index (χ1n) is 9.01. The fraction of sp³-hybridized carbons (Fsp3) is 0.600. The zero-order chi connectivity index (χ0) is 18.4. The predicted molar refractivity (Wildman–Crippen MR) is 99.2 cm³/mol. The lowest BCUT2D eigenvalue weighted by Gasteiger charge is -2.36. The van der Waals surface area contributed by atoms with Gasteiger partial charge in [-0.05, 0) is 50.3 Å². The topological polar surface area (TPSA) is 72.6 Å². The van der Waals surface area contributed by atoms with Gasteiger partial charge in [0.05, 0.1) is 11.5 Å². The molecule has 1 saturated carbocycles. The monoisotopic (exact) mass is 346 g/mol. The van der Waals surface area contributed by atoms with Crippen molar-refractivity contribution in [3.05, 3.63) is 29.8 Å². The third-order valence-electron chi connectivity index (χ3n) is 5.46. The molecule has 1 aliphatic carbocycles. The Bertz CT molecular complexity index is 591. The fourth-order valence-corrected chi connectivity index (χ4v) is 3.87. The van der Waals surface area contributed by atoms with Crippen LogP contribution in [0.3, 0.4) is 0 Å². The van der Waals surface area contributed by atoms with Crippen LogP contribution in [0.15, 0.2) is 24.3 Å². The van der Waals surface area contributed by atoms with Crippen LogP contribution >= 0.6 is 0 Å². The number of likely N-dealkylation sites (N-methyl/N-ethyl adjacent to an activating group) is 1. The van der Waals surface area contributed by atoms with Gasteiger partial charge in [-0.2, -0.15) is 0 Å². The molecule has 1 aliphatic rings. The van der Waals surface area contributed by atoms with Crippen molar-refractivity contribution in [3.8, 4) is 0 Å². The molecule has 0 saturated heterocycles. The van der Waals surface area contributed by atoms with Crippen molar-refractivity contribution >= 4 is 17.4 Å². The molecule has 1 fully saturated rings. The van der Waals surface area contributed by atoms with E-state index in [4.69, 9.17) is 10.5 Å². The Morgan fingerprint density at radius 3 is 2.36 bits per heavy atom. The maximum atomic E-state index is 13.3. The second kappa shape index (κ2) is 8.48. The summed E-state index contributed by atoms with van der Waals surface area (Å²) in [4.78, 5) is 27.2. The molecule has 1 aromatic carbocycles. The lowest BCUT2D eigenvalue weighted by Crippen LogP contribution is -2.49. The Kier molecular flexibility index (Phi) is 6.59. The summed E-state index contributed by atoms with van der Waals surface area (Å²) >= 11 is 0. The molecule has 5 nitrogen and oxygen atoms in total. The predicted octanol–water partition coefficient (Wildman–Crippen LogP) is 2.82. The first kappa shape index (κ1) is 19.4. The summed E-state index contributed by atoms with van der Waals surface area (Å²) in [6.07, 6.45) is 5.12. The van der Waals surface area contributed by atoms with E-state index in [-0.39, 0.29) is 17.1 Å². The molecule has 0 spiro atoms. The number of nitrogens with two attached hydrogens (primary N) is 1. The molecule has 2 rings (SSSR count). The third-order valence-corrected chi connectivity index (χ3v) is 5.46. The van der Waals surface area contributed by atoms with Gasteiger partial charge in [-0.15, -0.1) is 0 Å². The number of rotatable bonds is 8. The van der Waals surface area contributed by atoms with Gasteiger partial charge in [-0.1, -0.05) is 25.0 Å². The van der Waals surface area contributed by atoms with Crippen LogP contribution in [0.5, 0.6) is 0 Å². The zero-order valence-corrected chi connectivity index (χ0v) is 15.6. The highest BCUT2D eigenvalue weighted by molar-refractivity contribution is 5.90. The molecule has 5 heteroatoms. The van der Waals surface area contributed by atoms with Gasteiger partial charge in [0.25, 0.3) is 0 Å². The first-order valence-corrected chi connectivity index (χ1v) is 9.01. The lowest BCUT2D eigenvalue weighted by atomic mass is 9.80. The number of carbonyl (C=O) groups is 2. The second-order valence-electron chi connectivity index (χ2n) is 7.22. The summed E-state index contributed by atoms with van der Waals surface area (Å²) in [5.74, 6) is 0.0882. The molecular formula is C20H30N2O3. The molecule has 1 aromatic rings. The van der Waals surface area contributed by atoms with Gasteiger partial charge in [0.2, 0.25) is 5.91 Å². The van der Waals surface area contributed by atoms with Crippen LogP contribution in [0.1, 0.15) is 44.6 Å². The summed E-state index contributed by atoms with van der Waals surface area (Å²) in [7, 11) is 3.43. The third kappa shape index (κ3) is 4.60. The summed E-state index contributed by atoms with van der Waals surface area (Å²) < 4.78 is 5.22. The van der Waals surface area contributed by atoms with Crippen LogP contribution in [-0.4, -0.2) is 43.4 Å². The van der Waals surface area contributed by atoms with Crippen molar-refractivity contribution < 1.29 is 14.3 Å². The van der Waals surface area contributed by atoms with E-state index in [1.54, 1.807) is 26.0 Å². The summed E-state index contributed by atoms with van der Waals surface area (Å²) in [6.45, 7) is 2.13. The van der Waals surface area contributed by atoms with E-state index in [1.165, 1.54) is 0 Å². The molecule has 0 bridgehead atoms. The molecule has 0 heterocycles. The zero-order valence-electron chi connectivity index (χ0n) is 15.6. The Morgan fingerprint density at radius 1 is 1.24 bits per heavy atom. The molecule has 2 N–H and O–H groups in total. The van der Waals surface area contributed by atoms with Crippen LogP contribution < -0.4 is 5.73 Å². The average molecular weight is 346 g/mol. The van der Waals surface area contributed by atoms with E-state index in [0.29, 0.717) is 18.7 Å². The van der Waals surface area contributed by atoms with Crippen LogP contribution in [0.2, 0.25) is 0 Å². The van der Waals surface area contributed by atoms with Gasteiger partial charge in [-0.25, -0.2) is 0 Å². The number of carbonyl (C=O) groups excluding carboxylic acids is 2. The minimum Gasteiger partial charge on any atom is -0.399 e. The summed E-state index contributed by atoms with van der Waals surface area (Å²) in [5, 5.41) is 0. The van der Waals surface area contributed by atoms with Crippen molar-refractivity contribution in [1.82, 2.24) is 4.90 Å².